The molecule has 0 fully saturated rings. The Bertz CT molecular complexity index is 609. The summed E-state index contributed by atoms with van der Waals surface area (Å²) in [6.45, 7) is 0.215. The summed E-state index contributed by atoms with van der Waals surface area (Å²) < 4.78 is 15.0. The summed E-state index contributed by atoms with van der Waals surface area (Å²) in [5.74, 6) is -0.0552. The maximum absolute atomic E-state index is 13.6. The van der Waals surface area contributed by atoms with Crippen molar-refractivity contribution >= 4 is 11.8 Å². The number of benzene rings is 1. The molecular formula is C11H10FN5OS. The Labute approximate surface area is 112 Å². The fourth-order valence-corrected chi connectivity index (χ4v) is 2.31. The van der Waals surface area contributed by atoms with Gasteiger partial charge in [0.1, 0.15) is 5.82 Å². The van der Waals surface area contributed by atoms with Crippen LogP contribution in [0.2, 0.25) is 0 Å². The molecule has 8 heteroatoms. The molecule has 2 rings (SSSR count). The average Bonchev–Trinajstić information content (AvgIpc) is 2.86. The standard InChI is InChI=1S/C11H10FN5OS/c12-10-2-1-8(6-13)5-9(10)7-19-11-14-15-16-17(11)3-4-18/h1-2,5,18H,3-4,7H2. The third kappa shape index (κ3) is 3.27. The van der Waals surface area contributed by atoms with E-state index in [2.05, 4.69) is 15.5 Å². The normalized spacial score (nSPS) is 10.4. The highest BCUT2D eigenvalue weighted by Crippen LogP contribution is 2.22. The lowest BCUT2D eigenvalue weighted by Crippen LogP contribution is -2.05. The first-order valence-corrected chi connectivity index (χ1v) is 6.41. The van der Waals surface area contributed by atoms with E-state index in [0.717, 1.165) is 0 Å². The third-order valence-corrected chi connectivity index (χ3v) is 3.35. The van der Waals surface area contributed by atoms with Crippen LogP contribution in [0.15, 0.2) is 23.4 Å². The molecule has 1 heterocycles. The van der Waals surface area contributed by atoms with Crippen LogP contribution in [0.3, 0.4) is 0 Å². The van der Waals surface area contributed by atoms with Gasteiger partial charge in [0.2, 0.25) is 5.16 Å². The van der Waals surface area contributed by atoms with Crippen LogP contribution in [0.4, 0.5) is 4.39 Å². The number of nitriles is 1. The van der Waals surface area contributed by atoms with E-state index < -0.39 is 0 Å². The van der Waals surface area contributed by atoms with E-state index in [1.165, 1.54) is 34.6 Å². The molecule has 0 aliphatic rings. The lowest BCUT2D eigenvalue weighted by molar-refractivity contribution is 0.262. The van der Waals surface area contributed by atoms with Gasteiger partial charge in [-0.15, -0.1) is 5.10 Å². The molecule has 0 aliphatic heterocycles. The molecule has 1 aromatic heterocycles. The predicted octanol–water partition coefficient (Wildman–Crippen LogP) is 0.968. The predicted molar refractivity (Wildman–Crippen MR) is 65.6 cm³/mol. The van der Waals surface area contributed by atoms with Gasteiger partial charge in [0, 0.05) is 5.75 Å². The lowest BCUT2D eigenvalue weighted by Gasteiger charge is -2.04. The SMILES string of the molecule is N#Cc1ccc(F)c(CSc2nnnn2CCO)c1. The molecule has 0 bridgehead atoms. The molecule has 0 radical (unpaired) electrons. The number of tetrazole rings is 1. The number of thioether (sulfide) groups is 1. The Hall–Kier alpha value is -1.98. The zero-order valence-electron chi connectivity index (χ0n) is 9.82. The van der Waals surface area contributed by atoms with Crippen molar-refractivity contribution in [1.82, 2.24) is 20.2 Å². The van der Waals surface area contributed by atoms with Gasteiger partial charge >= 0.3 is 0 Å². The number of aliphatic hydroxyl groups excluding tert-OH is 1. The second kappa shape index (κ2) is 6.26. The van der Waals surface area contributed by atoms with Gasteiger partial charge in [0.25, 0.3) is 0 Å². The molecule has 0 saturated heterocycles. The van der Waals surface area contributed by atoms with E-state index in [-0.39, 0.29) is 19.0 Å². The van der Waals surface area contributed by atoms with Crippen molar-refractivity contribution in [3.63, 3.8) is 0 Å². The summed E-state index contributed by atoms with van der Waals surface area (Å²) in [6.07, 6.45) is 0. The minimum absolute atomic E-state index is 0.0725. The summed E-state index contributed by atoms with van der Waals surface area (Å²) in [7, 11) is 0. The quantitative estimate of drug-likeness (QED) is 0.820. The van der Waals surface area contributed by atoms with Crippen molar-refractivity contribution in [3.8, 4) is 6.07 Å². The first-order valence-electron chi connectivity index (χ1n) is 5.43. The molecule has 0 saturated carbocycles. The molecular weight excluding hydrogens is 269 g/mol. The van der Waals surface area contributed by atoms with Crippen LogP contribution in [-0.2, 0) is 12.3 Å². The minimum Gasteiger partial charge on any atom is -0.394 e. The van der Waals surface area contributed by atoms with E-state index in [1.807, 2.05) is 6.07 Å². The van der Waals surface area contributed by atoms with Crippen LogP contribution in [0.1, 0.15) is 11.1 Å². The monoisotopic (exact) mass is 279 g/mol. The van der Waals surface area contributed by atoms with Gasteiger partial charge in [-0.1, -0.05) is 11.8 Å². The summed E-state index contributed by atoms with van der Waals surface area (Å²) in [6, 6.07) is 6.17. The average molecular weight is 279 g/mol. The Morgan fingerprint density at radius 1 is 1.47 bits per heavy atom. The van der Waals surface area contributed by atoms with Gasteiger partial charge in [0.15, 0.2) is 0 Å². The first-order chi connectivity index (χ1) is 9.24. The maximum atomic E-state index is 13.6. The van der Waals surface area contributed by atoms with Crippen LogP contribution in [-0.4, -0.2) is 31.9 Å². The molecule has 19 heavy (non-hydrogen) atoms. The van der Waals surface area contributed by atoms with Gasteiger partial charge in [0.05, 0.1) is 24.8 Å². The summed E-state index contributed by atoms with van der Waals surface area (Å²) in [4.78, 5) is 0. The van der Waals surface area contributed by atoms with Gasteiger partial charge in [-0.25, -0.2) is 9.07 Å². The Balaban J connectivity index is 2.10. The molecule has 0 atom stereocenters. The van der Waals surface area contributed by atoms with Crippen LogP contribution >= 0.6 is 11.8 Å². The van der Waals surface area contributed by atoms with E-state index in [1.54, 1.807) is 0 Å². The highest BCUT2D eigenvalue weighted by Gasteiger charge is 2.09. The molecule has 2 aromatic rings. The van der Waals surface area contributed by atoms with Crippen LogP contribution in [0, 0.1) is 17.1 Å². The highest BCUT2D eigenvalue weighted by molar-refractivity contribution is 7.98. The van der Waals surface area contributed by atoms with Gasteiger partial charge in [-0.05, 0) is 34.2 Å². The van der Waals surface area contributed by atoms with E-state index in [4.69, 9.17) is 10.4 Å². The smallest absolute Gasteiger partial charge is 0.209 e. The van der Waals surface area contributed by atoms with E-state index >= 15 is 0 Å². The number of aliphatic hydroxyl groups is 1. The second-order valence-corrected chi connectivity index (χ2v) is 4.56. The van der Waals surface area contributed by atoms with E-state index in [9.17, 15) is 4.39 Å². The number of hydrogen-bond acceptors (Lipinski definition) is 6. The Kier molecular flexibility index (Phi) is 4.43. The van der Waals surface area contributed by atoms with Crippen molar-refractivity contribution in [2.45, 2.75) is 17.5 Å². The lowest BCUT2D eigenvalue weighted by atomic mass is 10.1. The van der Waals surface area contributed by atoms with Crippen molar-refractivity contribution in [2.75, 3.05) is 6.61 Å². The molecule has 1 N–H and O–H groups in total. The number of hydrogen-bond donors (Lipinski definition) is 1. The number of halogens is 1. The zero-order valence-corrected chi connectivity index (χ0v) is 10.6. The third-order valence-electron chi connectivity index (χ3n) is 2.34. The number of aromatic nitrogens is 4. The molecule has 6 nitrogen and oxygen atoms in total. The second-order valence-electron chi connectivity index (χ2n) is 3.61. The molecule has 0 aliphatic carbocycles. The van der Waals surface area contributed by atoms with Crippen LogP contribution in [0.5, 0.6) is 0 Å². The van der Waals surface area contributed by atoms with Crippen molar-refractivity contribution in [3.05, 3.63) is 35.1 Å². The number of nitrogens with zero attached hydrogens (tertiary/aromatic N) is 5. The Morgan fingerprint density at radius 3 is 3.05 bits per heavy atom. The zero-order chi connectivity index (χ0) is 13.7. The van der Waals surface area contributed by atoms with Crippen molar-refractivity contribution in [1.29, 1.82) is 5.26 Å². The van der Waals surface area contributed by atoms with Crippen LogP contribution < -0.4 is 0 Å². The van der Waals surface area contributed by atoms with E-state index in [0.29, 0.717) is 22.0 Å². The van der Waals surface area contributed by atoms with Gasteiger partial charge in [-0.3, -0.25) is 0 Å². The summed E-state index contributed by atoms with van der Waals surface area (Å²) in [5.41, 5.74) is 0.828. The fraction of sp³-hybridized carbons (Fsp3) is 0.273. The highest BCUT2D eigenvalue weighted by atomic mass is 32.2. The molecule has 0 spiro atoms. The molecule has 0 unspecified atom stereocenters. The van der Waals surface area contributed by atoms with Gasteiger partial charge in [-0.2, -0.15) is 5.26 Å². The summed E-state index contributed by atoms with van der Waals surface area (Å²) in [5, 5.41) is 29.1. The Morgan fingerprint density at radius 2 is 2.32 bits per heavy atom. The minimum atomic E-state index is -0.368. The molecule has 0 amide bonds. The molecule has 1 aromatic carbocycles. The van der Waals surface area contributed by atoms with Gasteiger partial charge < -0.3 is 5.11 Å². The van der Waals surface area contributed by atoms with Crippen molar-refractivity contribution in [2.24, 2.45) is 0 Å². The largest absolute Gasteiger partial charge is 0.394 e. The fourth-order valence-electron chi connectivity index (χ4n) is 1.43. The number of rotatable bonds is 5. The topological polar surface area (TPSA) is 87.6 Å². The first kappa shape index (κ1) is 13.5. The maximum Gasteiger partial charge on any atom is 0.209 e. The molecule has 98 valence electrons. The summed E-state index contributed by atoms with van der Waals surface area (Å²) >= 11 is 1.25. The van der Waals surface area contributed by atoms with Crippen molar-refractivity contribution < 1.29 is 9.50 Å². The van der Waals surface area contributed by atoms with Crippen LogP contribution in [0.25, 0.3) is 0 Å².